The minimum Gasteiger partial charge on any atom is -0.384 e. The Labute approximate surface area is 104 Å². The summed E-state index contributed by atoms with van der Waals surface area (Å²) in [4.78, 5) is 3.99. The van der Waals surface area contributed by atoms with Crippen molar-refractivity contribution in [3.63, 3.8) is 0 Å². The molecule has 1 atom stereocenters. The van der Waals surface area contributed by atoms with Gasteiger partial charge in [-0.25, -0.2) is 4.39 Å². The predicted molar refractivity (Wildman–Crippen MR) is 64.4 cm³/mol. The van der Waals surface area contributed by atoms with Crippen LogP contribution in [0.5, 0.6) is 0 Å². The van der Waals surface area contributed by atoms with Crippen LogP contribution in [0.3, 0.4) is 0 Å². The Bertz CT molecular complexity index is 545. The van der Waals surface area contributed by atoms with Gasteiger partial charge in [0.2, 0.25) is 0 Å². The molecular weight excluding hydrogens is 241 g/mol. The molecule has 1 aromatic heterocycles. The van der Waals surface area contributed by atoms with E-state index in [0.717, 1.165) is 5.56 Å². The third kappa shape index (κ3) is 2.62. The molecule has 0 aliphatic heterocycles. The first-order valence-corrected chi connectivity index (χ1v) is 5.50. The van der Waals surface area contributed by atoms with Crippen molar-refractivity contribution >= 4 is 11.6 Å². The third-order valence-electron chi connectivity index (χ3n) is 2.47. The molecule has 0 saturated carbocycles. The van der Waals surface area contributed by atoms with Crippen LogP contribution in [0.1, 0.15) is 22.8 Å². The minimum atomic E-state index is -0.894. The van der Waals surface area contributed by atoms with E-state index in [1.807, 2.05) is 13.0 Å². The second-order valence-electron chi connectivity index (χ2n) is 3.87. The van der Waals surface area contributed by atoms with Gasteiger partial charge >= 0.3 is 0 Å². The lowest BCUT2D eigenvalue weighted by molar-refractivity contribution is 0.219. The molecule has 4 heteroatoms. The Kier molecular flexibility index (Phi) is 3.41. The highest BCUT2D eigenvalue weighted by molar-refractivity contribution is 6.30. The molecular formula is C13H11ClFNO. The van der Waals surface area contributed by atoms with Crippen LogP contribution >= 0.6 is 11.6 Å². The van der Waals surface area contributed by atoms with Crippen molar-refractivity contribution in [1.82, 2.24) is 4.98 Å². The summed E-state index contributed by atoms with van der Waals surface area (Å²) < 4.78 is 13.3. The van der Waals surface area contributed by atoms with Crippen molar-refractivity contribution in [2.45, 2.75) is 13.0 Å². The van der Waals surface area contributed by atoms with E-state index in [1.54, 1.807) is 18.5 Å². The van der Waals surface area contributed by atoms with Gasteiger partial charge in [-0.1, -0.05) is 23.7 Å². The molecule has 0 fully saturated rings. The monoisotopic (exact) mass is 251 g/mol. The Balaban J connectivity index is 2.36. The number of rotatable bonds is 2. The fourth-order valence-corrected chi connectivity index (χ4v) is 1.72. The largest absolute Gasteiger partial charge is 0.384 e. The first kappa shape index (κ1) is 12.0. The van der Waals surface area contributed by atoms with Crippen LogP contribution in [-0.4, -0.2) is 10.1 Å². The van der Waals surface area contributed by atoms with Crippen LogP contribution in [0.4, 0.5) is 4.39 Å². The van der Waals surface area contributed by atoms with Gasteiger partial charge in [0.1, 0.15) is 11.9 Å². The van der Waals surface area contributed by atoms with Crippen molar-refractivity contribution in [1.29, 1.82) is 0 Å². The Morgan fingerprint density at radius 1 is 1.24 bits per heavy atom. The highest BCUT2D eigenvalue weighted by atomic mass is 35.5. The zero-order valence-electron chi connectivity index (χ0n) is 9.19. The number of nitrogens with zero attached hydrogens (tertiary/aromatic N) is 1. The Morgan fingerprint density at radius 3 is 2.65 bits per heavy atom. The molecule has 2 nitrogen and oxygen atoms in total. The van der Waals surface area contributed by atoms with E-state index in [9.17, 15) is 9.50 Å². The molecule has 1 aromatic carbocycles. The summed E-state index contributed by atoms with van der Waals surface area (Å²) in [5, 5.41) is 10.1. The number of halogens is 2. The van der Waals surface area contributed by atoms with E-state index in [2.05, 4.69) is 4.98 Å². The summed E-state index contributed by atoms with van der Waals surface area (Å²) in [5.74, 6) is -0.538. The first-order valence-electron chi connectivity index (χ1n) is 5.12. The average molecular weight is 252 g/mol. The topological polar surface area (TPSA) is 33.1 Å². The van der Waals surface area contributed by atoms with Crippen LogP contribution in [-0.2, 0) is 0 Å². The maximum Gasteiger partial charge on any atom is 0.142 e. The average Bonchev–Trinajstić information content (AvgIpc) is 2.32. The molecule has 1 N–H and O–H groups in total. The van der Waals surface area contributed by atoms with E-state index < -0.39 is 11.9 Å². The van der Waals surface area contributed by atoms with Crippen LogP contribution < -0.4 is 0 Å². The van der Waals surface area contributed by atoms with Gasteiger partial charge in [-0.05, 0) is 30.2 Å². The van der Waals surface area contributed by atoms with Gasteiger partial charge in [0.05, 0.1) is 5.02 Å². The van der Waals surface area contributed by atoms with Crippen molar-refractivity contribution in [3.8, 4) is 0 Å². The van der Waals surface area contributed by atoms with E-state index in [4.69, 9.17) is 11.6 Å². The molecule has 1 heterocycles. The third-order valence-corrected chi connectivity index (χ3v) is 2.78. The number of aromatic nitrogens is 1. The quantitative estimate of drug-likeness (QED) is 0.889. The molecule has 2 rings (SSSR count). The lowest BCUT2D eigenvalue weighted by atomic mass is 10.0. The summed E-state index contributed by atoms with van der Waals surface area (Å²) in [6.07, 6.45) is 2.36. The van der Waals surface area contributed by atoms with Crippen LogP contribution in [0.15, 0.2) is 36.7 Å². The van der Waals surface area contributed by atoms with Crippen molar-refractivity contribution in [3.05, 3.63) is 64.2 Å². The number of benzene rings is 1. The van der Waals surface area contributed by atoms with E-state index >= 15 is 0 Å². The van der Waals surface area contributed by atoms with Gasteiger partial charge in [0, 0.05) is 18.0 Å². The normalized spacial score (nSPS) is 12.5. The highest BCUT2D eigenvalue weighted by Gasteiger charge is 2.12. The van der Waals surface area contributed by atoms with Crippen LogP contribution in [0, 0.1) is 12.7 Å². The van der Waals surface area contributed by atoms with Crippen LogP contribution in [0.25, 0.3) is 0 Å². The number of aryl methyl sites for hydroxylation is 1. The number of aliphatic hydroxyl groups is 1. The molecule has 0 amide bonds. The summed E-state index contributed by atoms with van der Waals surface area (Å²) in [6.45, 7) is 1.88. The van der Waals surface area contributed by atoms with Gasteiger partial charge in [0.15, 0.2) is 0 Å². The highest BCUT2D eigenvalue weighted by Crippen LogP contribution is 2.25. The minimum absolute atomic E-state index is 0.0447. The molecule has 0 aliphatic rings. The van der Waals surface area contributed by atoms with Crippen molar-refractivity contribution < 1.29 is 9.50 Å². The molecule has 17 heavy (non-hydrogen) atoms. The number of pyridine rings is 1. The molecule has 2 aromatic rings. The smallest absolute Gasteiger partial charge is 0.142 e. The van der Waals surface area contributed by atoms with Crippen LogP contribution in [0.2, 0.25) is 5.02 Å². The number of hydrogen-bond acceptors (Lipinski definition) is 2. The molecule has 88 valence electrons. The molecule has 1 unspecified atom stereocenters. The van der Waals surface area contributed by atoms with Crippen molar-refractivity contribution in [2.75, 3.05) is 0 Å². The Morgan fingerprint density at radius 2 is 2.00 bits per heavy atom. The summed E-state index contributed by atoms with van der Waals surface area (Å²) in [5.41, 5.74) is 2.03. The van der Waals surface area contributed by atoms with Gasteiger partial charge in [-0.3, -0.25) is 4.98 Å². The van der Waals surface area contributed by atoms with E-state index in [-0.39, 0.29) is 5.02 Å². The standard InChI is InChI=1S/C13H11ClFNO/c1-8-4-10(7-16-6-8)13(17)9-2-3-11(14)12(15)5-9/h2-7,13,17H,1H3. The summed E-state index contributed by atoms with van der Waals surface area (Å²) >= 11 is 5.59. The predicted octanol–water partition coefficient (Wildman–Crippen LogP) is 3.26. The second-order valence-corrected chi connectivity index (χ2v) is 4.28. The van der Waals surface area contributed by atoms with Gasteiger partial charge in [-0.2, -0.15) is 0 Å². The fraction of sp³-hybridized carbons (Fsp3) is 0.154. The molecule has 0 spiro atoms. The summed E-state index contributed by atoms with van der Waals surface area (Å²) in [7, 11) is 0. The van der Waals surface area contributed by atoms with Gasteiger partial charge < -0.3 is 5.11 Å². The Hall–Kier alpha value is -1.45. The maximum absolute atomic E-state index is 13.3. The fourth-order valence-electron chi connectivity index (χ4n) is 1.60. The maximum atomic E-state index is 13.3. The SMILES string of the molecule is Cc1cncc(C(O)c2ccc(Cl)c(F)c2)c1. The molecule has 0 radical (unpaired) electrons. The zero-order valence-corrected chi connectivity index (χ0v) is 9.95. The van der Waals surface area contributed by atoms with E-state index in [0.29, 0.717) is 11.1 Å². The van der Waals surface area contributed by atoms with Gasteiger partial charge in [-0.15, -0.1) is 0 Å². The summed E-state index contributed by atoms with van der Waals surface area (Å²) in [6, 6.07) is 6.07. The molecule has 0 saturated heterocycles. The number of hydrogen-bond donors (Lipinski definition) is 1. The first-order chi connectivity index (χ1) is 8.08. The second kappa shape index (κ2) is 4.82. The molecule has 0 aliphatic carbocycles. The van der Waals surface area contributed by atoms with E-state index in [1.165, 1.54) is 12.1 Å². The van der Waals surface area contributed by atoms with Gasteiger partial charge in [0.25, 0.3) is 0 Å². The van der Waals surface area contributed by atoms with Crippen molar-refractivity contribution in [2.24, 2.45) is 0 Å². The zero-order chi connectivity index (χ0) is 12.4. The lowest BCUT2D eigenvalue weighted by Gasteiger charge is -2.12. The molecule has 0 bridgehead atoms. The number of aliphatic hydroxyl groups excluding tert-OH is 1. The lowest BCUT2D eigenvalue weighted by Crippen LogP contribution is -2.01.